The average molecular weight is 513 g/mol. The molecule has 2 aromatic rings. The molecule has 5 atom stereocenters. The van der Waals surface area contributed by atoms with Crippen LogP contribution >= 0.6 is 0 Å². The number of nitrogens with two attached hydrogens (primary N) is 1. The first-order valence-electron chi connectivity index (χ1n) is 12.2. The number of aromatic hydroxyl groups is 1. The van der Waals surface area contributed by atoms with Gasteiger partial charge in [0.2, 0.25) is 17.7 Å². The molecule has 0 saturated carbocycles. The topological polar surface area (TPSA) is 171 Å². The Morgan fingerprint density at radius 3 is 1.76 bits per heavy atom. The fraction of sp³-hybridized carbons (Fsp3) is 0.407. The van der Waals surface area contributed by atoms with E-state index in [0.29, 0.717) is 12.0 Å². The molecule has 5 unspecified atom stereocenters. The van der Waals surface area contributed by atoms with E-state index < -0.39 is 47.9 Å². The molecule has 200 valence electrons. The van der Waals surface area contributed by atoms with Gasteiger partial charge in [-0.1, -0.05) is 62.7 Å². The van der Waals surface area contributed by atoms with Crippen molar-refractivity contribution in [2.75, 3.05) is 0 Å². The Kier molecular flexibility index (Phi) is 11.1. The van der Waals surface area contributed by atoms with Crippen LogP contribution in [-0.4, -0.2) is 58.1 Å². The molecule has 10 heteroatoms. The Morgan fingerprint density at radius 1 is 0.784 bits per heavy atom. The summed E-state index contributed by atoms with van der Waals surface area (Å²) in [5.41, 5.74) is 7.10. The highest BCUT2D eigenvalue weighted by atomic mass is 16.4. The van der Waals surface area contributed by atoms with Gasteiger partial charge in [0.15, 0.2) is 0 Å². The third-order valence-corrected chi connectivity index (χ3v) is 6.12. The van der Waals surface area contributed by atoms with E-state index in [4.69, 9.17) is 5.73 Å². The van der Waals surface area contributed by atoms with Crippen molar-refractivity contribution in [1.82, 2.24) is 16.0 Å². The molecule has 0 saturated heterocycles. The molecule has 0 aliphatic rings. The monoisotopic (exact) mass is 512 g/mol. The minimum Gasteiger partial charge on any atom is -0.508 e. The number of amides is 3. The van der Waals surface area contributed by atoms with Crippen LogP contribution in [0.4, 0.5) is 0 Å². The second-order valence-corrected chi connectivity index (χ2v) is 9.18. The molecular weight excluding hydrogens is 476 g/mol. The van der Waals surface area contributed by atoms with Gasteiger partial charge in [0.05, 0.1) is 6.04 Å². The van der Waals surface area contributed by atoms with Crippen LogP contribution in [0.5, 0.6) is 5.75 Å². The van der Waals surface area contributed by atoms with Gasteiger partial charge in [-0.2, -0.15) is 0 Å². The van der Waals surface area contributed by atoms with Crippen molar-refractivity contribution in [2.45, 2.75) is 64.2 Å². The van der Waals surface area contributed by atoms with Gasteiger partial charge in [-0.25, -0.2) is 4.79 Å². The maximum atomic E-state index is 13.4. The standard InChI is InChI=1S/C27H36N4O6/c1-4-16(2)23(27(36)37)31-26(35)22(14-18-8-6-5-7-9-18)30-25(34)21(29-24(33)17(3)28)15-19-10-12-20(32)13-11-19/h5-13,16-17,21-23,32H,4,14-15,28H2,1-3H3,(H,29,33)(H,30,34)(H,31,35)(H,36,37). The Morgan fingerprint density at radius 2 is 1.27 bits per heavy atom. The van der Waals surface area contributed by atoms with Crippen LogP contribution in [0, 0.1) is 5.92 Å². The van der Waals surface area contributed by atoms with Crippen molar-refractivity contribution in [3.05, 3.63) is 65.7 Å². The summed E-state index contributed by atoms with van der Waals surface area (Å²) in [5.74, 6) is -3.27. The zero-order chi connectivity index (χ0) is 27.5. The number of hydrogen-bond donors (Lipinski definition) is 6. The van der Waals surface area contributed by atoms with Gasteiger partial charge >= 0.3 is 5.97 Å². The first-order valence-corrected chi connectivity index (χ1v) is 12.2. The van der Waals surface area contributed by atoms with Gasteiger partial charge in [0.25, 0.3) is 0 Å². The van der Waals surface area contributed by atoms with E-state index in [2.05, 4.69) is 16.0 Å². The summed E-state index contributed by atoms with van der Waals surface area (Å²) in [6.07, 6.45) is 0.720. The summed E-state index contributed by atoms with van der Waals surface area (Å²) in [6, 6.07) is 11.0. The zero-order valence-electron chi connectivity index (χ0n) is 21.3. The molecule has 2 rings (SSSR count). The van der Waals surface area contributed by atoms with Gasteiger partial charge < -0.3 is 31.9 Å². The molecule has 2 aromatic carbocycles. The van der Waals surface area contributed by atoms with E-state index in [0.717, 1.165) is 5.56 Å². The maximum absolute atomic E-state index is 13.4. The zero-order valence-corrected chi connectivity index (χ0v) is 21.3. The minimum atomic E-state index is -1.16. The number of carbonyl (C=O) groups excluding carboxylic acids is 3. The summed E-state index contributed by atoms with van der Waals surface area (Å²) in [6.45, 7) is 5.03. The van der Waals surface area contributed by atoms with E-state index in [-0.39, 0.29) is 24.5 Å². The molecule has 0 heterocycles. The molecule has 0 aliphatic carbocycles. The SMILES string of the molecule is CCC(C)C(NC(=O)C(Cc1ccccc1)NC(=O)C(Cc1ccc(O)cc1)NC(=O)C(C)N)C(=O)O. The first kappa shape index (κ1) is 29.3. The molecule has 37 heavy (non-hydrogen) atoms. The van der Waals surface area contributed by atoms with Crippen molar-refractivity contribution in [3.63, 3.8) is 0 Å². The number of hydrogen-bond acceptors (Lipinski definition) is 6. The summed E-state index contributed by atoms with van der Waals surface area (Å²) in [4.78, 5) is 50.7. The first-order chi connectivity index (χ1) is 17.5. The van der Waals surface area contributed by atoms with E-state index in [1.54, 1.807) is 43.3 Å². The van der Waals surface area contributed by atoms with Crippen molar-refractivity contribution >= 4 is 23.7 Å². The number of aliphatic carboxylic acids is 1. The summed E-state index contributed by atoms with van der Waals surface area (Å²) >= 11 is 0. The van der Waals surface area contributed by atoms with E-state index in [1.165, 1.54) is 19.1 Å². The minimum absolute atomic E-state index is 0.0539. The van der Waals surface area contributed by atoms with Crippen molar-refractivity contribution in [2.24, 2.45) is 11.7 Å². The third kappa shape index (κ3) is 9.23. The highest BCUT2D eigenvalue weighted by Gasteiger charge is 2.32. The number of carboxylic acid groups (broad SMARTS) is 1. The Bertz CT molecular complexity index is 1060. The Labute approximate surface area is 216 Å². The van der Waals surface area contributed by atoms with Crippen LogP contribution in [0.3, 0.4) is 0 Å². The highest BCUT2D eigenvalue weighted by Crippen LogP contribution is 2.13. The second kappa shape index (κ2) is 14.0. The second-order valence-electron chi connectivity index (χ2n) is 9.18. The summed E-state index contributed by atoms with van der Waals surface area (Å²) in [5, 5.41) is 27.0. The van der Waals surface area contributed by atoms with Crippen LogP contribution in [0.2, 0.25) is 0 Å². The molecule has 7 N–H and O–H groups in total. The molecule has 0 aliphatic heterocycles. The van der Waals surface area contributed by atoms with Gasteiger partial charge in [0, 0.05) is 12.8 Å². The Hall–Kier alpha value is -3.92. The molecule has 3 amide bonds. The molecule has 0 aromatic heterocycles. The molecule has 0 radical (unpaired) electrons. The normalized spacial score (nSPS) is 14.9. The van der Waals surface area contributed by atoms with Crippen LogP contribution < -0.4 is 21.7 Å². The predicted molar refractivity (Wildman–Crippen MR) is 138 cm³/mol. The van der Waals surface area contributed by atoms with Crippen LogP contribution in [0.1, 0.15) is 38.3 Å². The van der Waals surface area contributed by atoms with E-state index in [9.17, 15) is 29.4 Å². The largest absolute Gasteiger partial charge is 0.508 e. The summed E-state index contributed by atoms with van der Waals surface area (Å²) < 4.78 is 0. The van der Waals surface area contributed by atoms with Gasteiger partial charge in [-0.15, -0.1) is 0 Å². The number of phenols is 1. The lowest BCUT2D eigenvalue weighted by atomic mass is 9.97. The average Bonchev–Trinajstić information content (AvgIpc) is 2.87. The number of benzene rings is 2. The smallest absolute Gasteiger partial charge is 0.326 e. The fourth-order valence-corrected chi connectivity index (χ4v) is 3.65. The lowest BCUT2D eigenvalue weighted by Crippen LogP contribution is -2.58. The predicted octanol–water partition coefficient (Wildman–Crippen LogP) is 1.11. The molecular formula is C27H36N4O6. The van der Waals surface area contributed by atoms with Gasteiger partial charge in [-0.05, 0) is 36.1 Å². The molecule has 0 fully saturated rings. The number of phenolic OH excluding ortho intramolecular Hbond substituents is 1. The molecule has 0 bridgehead atoms. The summed E-state index contributed by atoms with van der Waals surface area (Å²) in [7, 11) is 0. The maximum Gasteiger partial charge on any atom is 0.326 e. The third-order valence-electron chi connectivity index (χ3n) is 6.12. The Balaban J connectivity index is 2.31. The number of nitrogens with one attached hydrogen (secondary N) is 3. The lowest BCUT2D eigenvalue weighted by Gasteiger charge is -2.26. The number of rotatable bonds is 13. The molecule has 0 spiro atoms. The lowest BCUT2D eigenvalue weighted by molar-refractivity contribution is -0.143. The number of carbonyl (C=O) groups is 4. The number of carboxylic acids is 1. The fourth-order valence-electron chi connectivity index (χ4n) is 3.65. The highest BCUT2D eigenvalue weighted by molar-refractivity contribution is 5.94. The van der Waals surface area contributed by atoms with Crippen molar-refractivity contribution in [1.29, 1.82) is 0 Å². The van der Waals surface area contributed by atoms with Gasteiger partial charge in [-0.3, -0.25) is 14.4 Å². The van der Waals surface area contributed by atoms with Crippen LogP contribution in [0.15, 0.2) is 54.6 Å². The quantitative estimate of drug-likeness (QED) is 0.233. The van der Waals surface area contributed by atoms with E-state index in [1.807, 2.05) is 13.0 Å². The molecule has 10 nitrogen and oxygen atoms in total. The van der Waals surface area contributed by atoms with Crippen LogP contribution in [-0.2, 0) is 32.0 Å². The van der Waals surface area contributed by atoms with Crippen molar-refractivity contribution in [3.8, 4) is 5.75 Å². The van der Waals surface area contributed by atoms with Crippen molar-refractivity contribution < 1.29 is 29.4 Å². The van der Waals surface area contributed by atoms with Gasteiger partial charge in [0.1, 0.15) is 23.9 Å². The van der Waals surface area contributed by atoms with E-state index >= 15 is 0 Å². The van der Waals surface area contributed by atoms with Crippen LogP contribution in [0.25, 0.3) is 0 Å².